The second-order valence-corrected chi connectivity index (χ2v) is 5.16. The van der Waals surface area contributed by atoms with Gasteiger partial charge in [-0.1, -0.05) is 43.1 Å². The molecule has 0 aliphatic carbocycles. The van der Waals surface area contributed by atoms with E-state index in [0.29, 0.717) is 5.41 Å². The van der Waals surface area contributed by atoms with Crippen LogP contribution in [0.3, 0.4) is 0 Å². The highest BCUT2D eigenvalue weighted by Crippen LogP contribution is 2.13. The Morgan fingerprint density at radius 2 is 1.75 bits per heavy atom. The van der Waals surface area contributed by atoms with Gasteiger partial charge in [-0.2, -0.15) is 0 Å². The first-order valence-electron chi connectivity index (χ1n) is 4.70. The molecule has 0 rings (SSSR count). The molecule has 2 heteroatoms. The summed E-state index contributed by atoms with van der Waals surface area (Å²) in [5.74, 6) is 0. The normalized spacial score (nSPS) is 12.0. The number of hydrogen-bond donors (Lipinski definition) is 0. The van der Waals surface area contributed by atoms with E-state index in [1.165, 1.54) is 19.3 Å². The van der Waals surface area contributed by atoms with Gasteiger partial charge >= 0.3 is 0 Å². The Morgan fingerprint density at radius 3 is 2.25 bits per heavy atom. The zero-order valence-electron chi connectivity index (χ0n) is 8.53. The van der Waals surface area contributed by atoms with Crippen LogP contribution in [0.5, 0.6) is 0 Å². The largest absolute Gasteiger partial charge is 0.381 e. The van der Waals surface area contributed by atoms with Gasteiger partial charge in [0.1, 0.15) is 0 Å². The molecule has 1 nitrogen and oxygen atoms in total. The number of alkyl halides is 1. The lowest BCUT2D eigenvalue weighted by molar-refractivity contribution is 0.0689. The Hall–Kier alpha value is 0.440. The molecule has 0 N–H and O–H groups in total. The fraction of sp³-hybridized carbons (Fsp3) is 1.00. The Kier molecular flexibility index (Phi) is 7.16. The fourth-order valence-corrected chi connectivity index (χ4v) is 1.25. The standard InChI is InChI=1S/C10H21BrO/c1-10(2,3)9-12-8-6-4-5-7-11/h4-9H2,1-3H3. The lowest BCUT2D eigenvalue weighted by Crippen LogP contribution is -2.14. The molecule has 0 aliphatic heterocycles. The minimum absolute atomic E-state index is 0.315. The van der Waals surface area contributed by atoms with Crippen molar-refractivity contribution < 1.29 is 4.74 Å². The van der Waals surface area contributed by atoms with Crippen molar-refractivity contribution in [3.8, 4) is 0 Å². The zero-order valence-corrected chi connectivity index (χ0v) is 10.1. The van der Waals surface area contributed by atoms with Crippen LogP contribution >= 0.6 is 15.9 Å². The Bertz CT molecular complexity index is 96.5. The van der Waals surface area contributed by atoms with Gasteiger partial charge < -0.3 is 4.74 Å². The molecule has 0 atom stereocenters. The minimum atomic E-state index is 0.315. The van der Waals surface area contributed by atoms with E-state index < -0.39 is 0 Å². The third kappa shape index (κ3) is 10.4. The summed E-state index contributed by atoms with van der Waals surface area (Å²) < 4.78 is 5.53. The third-order valence-electron chi connectivity index (χ3n) is 1.46. The number of rotatable bonds is 6. The topological polar surface area (TPSA) is 9.23 Å². The first-order valence-corrected chi connectivity index (χ1v) is 5.82. The van der Waals surface area contributed by atoms with E-state index >= 15 is 0 Å². The Morgan fingerprint density at radius 1 is 1.08 bits per heavy atom. The molecule has 0 unspecified atom stereocenters. The van der Waals surface area contributed by atoms with Crippen molar-refractivity contribution in [2.75, 3.05) is 18.5 Å². The molecule has 12 heavy (non-hydrogen) atoms. The molecule has 0 radical (unpaired) electrons. The highest BCUT2D eigenvalue weighted by molar-refractivity contribution is 9.09. The summed E-state index contributed by atoms with van der Waals surface area (Å²) in [5.41, 5.74) is 0.315. The molecule has 0 aromatic heterocycles. The van der Waals surface area contributed by atoms with E-state index in [2.05, 4.69) is 36.7 Å². The maximum Gasteiger partial charge on any atom is 0.0514 e. The van der Waals surface area contributed by atoms with Gasteiger partial charge in [0, 0.05) is 11.9 Å². The highest BCUT2D eigenvalue weighted by atomic mass is 79.9. The summed E-state index contributed by atoms with van der Waals surface area (Å²) in [6.07, 6.45) is 3.73. The maximum absolute atomic E-state index is 5.53. The average molecular weight is 237 g/mol. The summed E-state index contributed by atoms with van der Waals surface area (Å²) in [5, 5.41) is 1.12. The maximum atomic E-state index is 5.53. The molecule has 0 bridgehead atoms. The highest BCUT2D eigenvalue weighted by Gasteiger charge is 2.08. The van der Waals surface area contributed by atoms with Crippen LogP contribution < -0.4 is 0 Å². The van der Waals surface area contributed by atoms with E-state index in [1.54, 1.807) is 0 Å². The first-order chi connectivity index (χ1) is 5.56. The molecule has 0 saturated heterocycles. The third-order valence-corrected chi connectivity index (χ3v) is 2.02. The van der Waals surface area contributed by atoms with Crippen molar-refractivity contribution in [3.05, 3.63) is 0 Å². The van der Waals surface area contributed by atoms with Crippen LogP contribution in [-0.2, 0) is 4.74 Å². The van der Waals surface area contributed by atoms with Crippen molar-refractivity contribution in [1.82, 2.24) is 0 Å². The second-order valence-electron chi connectivity index (χ2n) is 4.36. The van der Waals surface area contributed by atoms with E-state index in [-0.39, 0.29) is 0 Å². The summed E-state index contributed by atoms with van der Waals surface area (Å²) in [4.78, 5) is 0. The van der Waals surface area contributed by atoms with Crippen LogP contribution in [0.1, 0.15) is 40.0 Å². The summed E-state index contributed by atoms with van der Waals surface area (Å²) in [7, 11) is 0. The molecule has 0 saturated carbocycles. The van der Waals surface area contributed by atoms with Crippen LogP contribution in [0.15, 0.2) is 0 Å². The number of hydrogen-bond acceptors (Lipinski definition) is 1. The summed E-state index contributed by atoms with van der Waals surface area (Å²) in [6, 6.07) is 0. The van der Waals surface area contributed by atoms with Crippen LogP contribution in [0.2, 0.25) is 0 Å². The van der Waals surface area contributed by atoms with E-state index in [4.69, 9.17) is 4.74 Å². The SMILES string of the molecule is CC(C)(C)COCCCCCBr. The molecular formula is C10H21BrO. The van der Waals surface area contributed by atoms with Gasteiger partial charge in [0.25, 0.3) is 0 Å². The molecule has 0 aliphatic rings. The van der Waals surface area contributed by atoms with Crippen molar-refractivity contribution >= 4 is 15.9 Å². The Labute approximate surface area is 85.0 Å². The monoisotopic (exact) mass is 236 g/mol. The molecule has 0 heterocycles. The van der Waals surface area contributed by atoms with Crippen LogP contribution in [0, 0.1) is 5.41 Å². The van der Waals surface area contributed by atoms with Gasteiger partial charge in [0.05, 0.1) is 6.61 Å². The molecule has 0 spiro atoms. The average Bonchev–Trinajstić information content (AvgIpc) is 1.94. The van der Waals surface area contributed by atoms with Crippen molar-refractivity contribution in [2.24, 2.45) is 5.41 Å². The fourth-order valence-electron chi connectivity index (χ4n) is 0.854. The van der Waals surface area contributed by atoms with Gasteiger partial charge in [-0.3, -0.25) is 0 Å². The summed E-state index contributed by atoms with van der Waals surface area (Å²) in [6.45, 7) is 8.40. The van der Waals surface area contributed by atoms with Gasteiger partial charge in [-0.05, 0) is 18.3 Å². The van der Waals surface area contributed by atoms with Gasteiger partial charge in [-0.15, -0.1) is 0 Å². The quantitative estimate of drug-likeness (QED) is 0.506. The lowest BCUT2D eigenvalue weighted by Gasteiger charge is -2.17. The minimum Gasteiger partial charge on any atom is -0.381 e. The molecule has 0 aromatic rings. The van der Waals surface area contributed by atoms with Gasteiger partial charge in [0.2, 0.25) is 0 Å². The Balaban J connectivity index is 3.01. The van der Waals surface area contributed by atoms with E-state index in [0.717, 1.165) is 18.5 Å². The van der Waals surface area contributed by atoms with Gasteiger partial charge in [0.15, 0.2) is 0 Å². The smallest absolute Gasteiger partial charge is 0.0514 e. The molecular weight excluding hydrogens is 216 g/mol. The van der Waals surface area contributed by atoms with Crippen molar-refractivity contribution in [3.63, 3.8) is 0 Å². The van der Waals surface area contributed by atoms with Crippen LogP contribution in [0.4, 0.5) is 0 Å². The van der Waals surface area contributed by atoms with Crippen LogP contribution in [-0.4, -0.2) is 18.5 Å². The van der Waals surface area contributed by atoms with E-state index in [9.17, 15) is 0 Å². The molecule has 0 aromatic carbocycles. The predicted octanol–water partition coefficient (Wildman–Crippen LogP) is 3.61. The predicted molar refractivity (Wildman–Crippen MR) is 57.9 cm³/mol. The van der Waals surface area contributed by atoms with E-state index in [1.807, 2.05) is 0 Å². The second kappa shape index (κ2) is 6.90. The van der Waals surface area contributed by atoms with Crippen LogP contribution in [0.25, 0.3) is 0 Å². The number of halogens is 1. The molecule has 0 amide bonds. The van der Waals surface area contributed by atoms with Gasteiger partial charge in [-0.25, -0.2) is 0 Å². The van der Waals surface area contributed by atoms with Crippen molar-refractivity contribution in [2.45, 2.75) is 40.0 Å². The number of unbranched alkanes of at least 4 members (excludes halogenated alkanes) is 2. The number of ether oxygens (including phenoxy) is 1. The first kappa shape index (κ1) is 12.4. The zero-order chi connectivity index (χ0) is 9.45. The van der Waals surface area contributed by atoms with Crippen molar-refractivity contribution in [1.29, 1.82) is 0 Å². The molecule has 74 valence electrons. The summed E-state index contributed by atoms with van der Waals surface area (Å²) >= 11 is 3.41. The lowest BCUT2D eigenvalue weighted by atomic mass is 9.99. The molecule has 0 fully saturated rings.